The van der Waals surface area contributed by atoms with E-state index in [0.29, 0.717) is 43.4 Å². The second kappa shape index (κ2) is 10.2. The summed E-state index contributed by atoms with van der Waals surface area (Å²) in [6.07, 6.45) is 1.48. The summed E-state index contributed by atoms with van der Waals surface area (Å²) in [5, 5.41) is 15.6. The lowest BCUT2D eigenvalue weighted by atomic mass is 10.0. The molecule has 1 fully saturated rings. The first-order valence-corrected chi connectivity index (χ1v) is 11.6. The first-order chi connectivity index (χ1) is 17.1. The van der Waals surface area contributed by atoms with E-state index < -0.39 is 6.17 Å². The maximum atomic E-state index is 13.9. The van der Waals surface area contributed by atoms with Gasteiger partial charge in [-0.1, -0.05) is 41.6 Å². The number of likely N-dealkylation sites (tertiary alicyclic amines) is 1. The fraction of sp³-hybridized carbons (Fsp3) is 0.360. The Balaban J connectivity index is 1.36. The number of alkyl halides is 1. The van der Waals surface area contributed by atoms with Gasteiger partial charge in [0.15, 0.2) is 6.61 Å². The van der Waals surface area contributed by atoms with Crippen LogP contribution < -0.4 is 4.74 Å². The summed E-state index contributed by atoms with van der Waals surface area (Å²) in [5.74, 6) is 1.62. The Hall–Kier alpha value is -3.79. The molecule has 0 spiro atoms. The number of hydrogen-bond acceptors (Lipinski definition) is 7. The van der Waals surface area contributed by atoms with Gasteiger partial charge in [0.1, 0.15) is 17.7 Å². The normalized spacial score (nSPS) is 17.0. The van der Waals surface area contributed by atoms with Gasteiger partial charge in [0.05, 0.1) is 18.7 Å². The highest BCUT2D eigenvalue weighted by molar-refractivity contribution is 5.88. The summed E-state index contributed by atoms with van der Waals surface area (Å²) in [6, 6.07) is 15.1. The van der Waals surface area contributed by atoms with Crippen LogP contribution in [0.1, 0.15) is 29.6 Å². The number of tetrazole rings is 1. The minimum atomic E-state index is -0.837. The maximum Gasteiger partial charge on any atom is 0.230 e. The number of carbonyl (C=O) groups excluding carboxylic acids is 1. The van der Waals surface area contributed by atoms with Crippen LogP contribution in [0.5, 0.6) is 5.75 Å². The van der Waals surface area contributed by atoms with Crippen LogP contribution in [0.25, 0.3) is 10.8 Å². The zero-order valence-corrected chi connectivity index (χ0v) is 19.4. The third kappa shape index (κ3) is 5.32. The Labute approximate surface area is 201 Å². The molecule has 9 nitrogen and oxygen atoms in total. The van der Waals surface area contributed by atoms with Crippen molar-refractivity contribution in [3.05, 3.63) is 71.9 Å². The molecule has 1 amide bonds. The van der Waals surface area contributed by atoms with Gasteiger partial charge >= 0.3 is 0 Å². The lowest BCUT2D eigenvalue weighted by Crippen LogP contribution is -2.39. The number of ether oxygens (including phenoxy) is 1. The van der Waals surface area contributed by atoms with Crippen molar-refractivity contribution in [2.24, 2.45) is 0 Å². The highest BCUT2D eigenvalue weighted by atomic mass is 19.1. The maximum absolute atomic E-state index is 13.9. The molecule has 3 heterocycles. The third-order valence-electron chi connectivity index (χ3n) is 6.41. The van der Waals surface area contributed by atoms with E-state index in [1.54, 1.807) is 18.2 Å². The zero-order chi connectivity index (χ0) is 24.2. The monoisotopic (exact) mass is 478 g/mol. The van der Waals surface area contributed by atoms with Crippen molar-refractivity contribution in [3.63, 3.8) is 0 Å². The lowest BCUT2D eigenvalue weighted by Gasteiger charge is -2.32. The summed E-state index contributed by atoms with van der Waals surface area (Å²) < 4.78 is 25.4. The number of nitrogens with one attached hydrogen (secondary N) is 1. The molecule has 1 aliphatic rings. The van der Waals surface area contributed by atoms with Crippen molar-refractivity contribution < 1.29 is 18.3 Å². The van der Waals surface area contributed by atoms with Gasteiger partial charge in [0, 0.05) is 37.5 Å². The van der Waals surface area contributed by atoms with Crippen LogP contribution in [0.15, 0.2) is 59.2 Å². The van der Waals surface area contributed by atoms with Crippen LogP contribution >= 0.6 is 0 Å². The van der Waals surface area contributed by atoms with Crippen molar-refractivity contribution in [1.29, 1.82) is 0 Å². The number of aromatic amines is 1. The number of benzene rings is 2. The van der Waals surface area contributed by atoms with E-state index in [-0.39, 0.29) is 25.0 Å². The van der Waals surface area contributed by atoms with Gasteiger partial charge in [0.2, 0.25) is 11.7 Å². The second-order valence-electron chi connectivity index (χ2n) is 8.78. The molecule has 0 saturated carbocycles. The molecule has 2 atom stereocenters. The number of furan rings is 1. The molecule has 5 rings (SSSR count). The largest absolute Gasteiger partial charge is 0.485 e. The first-order valence-electron chi connectivity index (χ1n) is 11.6. The molecule has 0 aliphatic carbocycles. The van der Waals surface area contributed by atoms with Crippen LogP contribution in [0, 0.1) is 0 Å². The number of nitrogens with zero attached hydrogens (tertiary/aromatic N) is 5. The van der Waals surface area contributed by atoms with E-state index >= 15 is 0 Å². The molecule has 1 N–H and O–H groups in total. The van der Waals surface area contributed by atoms with Crippen LogP contribution in [0.4, 0.5) is 4.39 Å². The molecule has 0 radical (unpaired) electrons. The quantitative estimate of drug-likeness (QED) is 0.394. The molecule has 1 saturated heterocycles. The minimum Gasteiger partial charge on any atom is -0.485 e. The van der Waals surface area contributed by atoms with Gasteiger partial charge in [-0.25, -0.2) is 4.39 Å². The molecule has 4 aromatic rings. The highest BCUT2D eigenvalue weighted by Crippen LogP contribution is 2.28. The first kappa shape index (κ1) is 23.0. The van der Waals surface area contributed by atoms with Gasteiger partial charge in [-0.2, -0.15) is 5.21 Å². The fourth-order valence-corrected chi connectivity index (χ4v) is 4.47. The average molecular weight is 479 g/mol. The van der Waals surface area contributed by atoms with E-state index in [1.165, 1.54) is 0 Å². The molecule has 1 aliphatic heterocycles. The Morgan fingerprint density at radius 2 is 2.20 bits per heavy atom. The van der Waals surface area contributed by atoms with E-state index in [9.17, 15) is 9.18 Å². The molecule has 35 heavy (non-hydrogen) atoms. The van der Waals surface area contributed by atoms with Gasteiger partial charge in [-0.05, 0) is 24.1 Å². The summed E-state index contributed by atoms with van der Waals surface area (Å²) in [6.45, 7) is 1.72. The highest BCUT2D eigenvalue weighted by Gasteiger charge is 2.29. The predicted octanol–water partition coefficient (Wildman–Crippen LogP) is 3.31. The molecule has 182 valence electrons. The van der Waals surface area contributed by atoms with Gasteiger partial charge in [0.25, 0.3) is 0 Å². The lowest BCUT2D eigenvalue weighted by molar-refractivity contribution is -0.132. The Morgan fingerprint density at radius 3 is 3.00 bits per heavy atom. The molecule has 0 bridgehead atoms. The van der Waals surface area contributed by atoms with Gasteiger partial charge in [-0.15, -0.1) is 10.2 Å². The Bertz CT molecular complexity index is 1280. The average Bonchev–Trinajstić information content (AvgIpc) is 3.63. The number of fused-ring (bicyclic) bond motifs is 1. The second-order valence-corrected chi connectivity index (χ2v) is 8.78. The van der Waals surface area contributed by atoms with E-state index in [2.05, 4.69) is 25.5 Å². The van der Waals surface area contributed by atoms with Crippen LogP contribution in [0.2, 0.25) is 0 Å². The summed E-state index contributed by atoms with van der Waals surface area (Å²) in [7, 11) is 1.79. The number of halogens is 1. The number of likely N-dealkylation sites (N-methyl/N-ethyl adjacent to an activating group) is 1. The number of aromatic nitrogens is 4. The van der Waals surface area contributed by atoms with E-state index in [1.807, 2.05) is 48.5 Å². The van der Waals surface area contributed by atoms with E-state index in [4.69, 9.17) is 9.15 Å². The fourth-order valence-electron chi connectivity index (χ4n) is 4.47. The Kier molecular flexibility index (Phi) is 6.71. The summed E-state index contributed by atoms with van der Waals surface area (Å²) in [4.78, 5) is 17.2. The SMILES string of the molecule is CN(C(=O)Cc1occ2ccccc12)[C@H](CN1CC[C@@H](F)C1)c1cccc(OCc2nn[nH]n2)c1. The van der Waals surface area contributed by atoms with Crippen molar-refractivity contribution >= 4 is 16.7 Å². The van der Waals surface area contributed by atoms with Crippen molar-refractivity contribution in [2.45, 2.75) is 31.7 Å². The molecule has 10 heteroatoms. The number of carbonyl (C=O) groups is 1. The van der Waals surface area contributed by atoms with Crippen LogP contribution in [0.3, 0.4) is 0 Å². The number of rotatable bonds is 9. The van der Waals surface area contributed by atoms with Gasteiger partial charge in [-0.3, -0.25) is 9.69 Å². The molecular formula is C25H27FN6O3. The smallest absolute Gasteiger partial charge is 0.230 e. The zero-order valence-electron chi connectivity index (χ0n) is 19.4. The number of hydrogen-bond donors (Lipinski definition) is 1. The van der Waals surface area contributed by atoms with Gasteiger partial charge < -0.3 is 14.1 Å². The Morgan fingerprint density at radius 1 is 1.31 bits per heavy atom. The van der Waals surface area contributed by atoms with E-state index in [0.717, 1.165) is 16.3 Å². The third-order valence-corrected chi connectivity index (χ3v) is 6.41. The molecule has 0 unspecified atom stereocenters. The van der Waals surface area contributed by atoms with Crippen molar-refractivity contribution in [3.8, 4) is 5.75 Å². The molecular weight excluding hydrogens is 451 g/mol. The molecule has 2 aromatic heterocycles. The predicted molar refractivity (Wildman–Crippen MR) is 126 cm³/mol. The molecule has 2 aromatic carbocycles. The van der Waals surface area contributed by atoms with Crippen LogP contribution in [-0.4, -0.2) is 69.2 Å². The summed E-state index contributed by atoms with van der Waals surface area (Å²) in [5.41, 5.74) is 0.901. The minimum absolute atomic E-state index is 0.0794. The summed E-state index contributed by atoms with van der Waals surface area (Å²) >= 11 is 0. The van der Waals surface area contributed by atoms with Crippen molar-refractivity contribution in [1.82, 2.24) is 30.4 Å². The van der Waals surface area contributed by atoms with Crippen molar-refractivity contribution in [2.75, 3.05) is 26.7 Å². The topological polar surface area (TPSA) is 100 Å². The standard InChI is InChI=1S/C25H27FN6O3/c1-31(25(33)12-23-21-8-3-2-5-18(21)15-35-23)22(14-32-10-9-19(26)13-32)17-6-4-7-20(11-17)34-16-24-27-29-30-28-24/h2-8,11,15,19,22H,9-10,12-14,16H2,1H3,(H,27,28,29,30)/t19-,22-/m1/s1. The van der Waals surface area contributed by atoms with Crippen LogP contribution in [-0.2, 0) is 17.8 Å². The number of amides is 1. The number of H-pyrrole nitrogens is 1.